The zero-order chi connectivity index (χ0) is 17.1. The zero-order valence-electron chi connectivity index (χ0n) is 14.0. The molecule has 0 aliphatic carbocycles. The first kappa shape index (κ1) is 15.9. The number of aromatic nitrogens is 2. The third-order valence-electron chi connectivity index (χ3n) is 5.04. The van der Waals surface area contributed by atoms with Gasteiger partial charge < -0.3 is 15.0 Å². The number of fused-ring (bicyclic) bond motifs is 2. The van der Waals surface area contributed by atoms with Gasteiger partial charge in [-0.05, 0) is 36.6 Å². The fourth-order valence-corrected chi connectivity index (χ4v) is 3.94. The molecule has 1 N–H and O–H groups in total. The van der Waals surface area contributed by atoms with Gasteiger partial charge in [-0.1, -0.05) is 6.07 Å². The molecule has 4 heterocycles. The van der Waals surface area contributed by atoms with Crippen LogP contribution in [-0.2, 0) is 6.54 Å². The molecule has 0 aromatic carbocycles. The maximum absolute atomic E-state index is 12.6. The van der Waals surface area contributed by atoms with Gasteiger partial charge in [-0.15, -0.1) is 0 Å². The molecule has 2 aromatic heterocycles. The highest BCUT2D eigenvalue weighted by molar-refractivity contribution is 5.75. The van der Waals surface area contributed by atoms with E-state index in [-0.39, 0.29) is 24.2 Å². The van der Waals surface area contributed by atoms with Gasteiger partial charge in [-0.2, -0.15) is 0 Å². The van der Waals surface area contributed by atoms with Crippen LogP contribution in [0.5, 0.6) is 5.75 Å². The van der Waals surface area contributed by atoms with Gasteiger partial charge in [-0.3, -0.25) is 9.97 Å². The van der Waals surface area contributed by atoms with Crippen LogP contribution >= 0.6 is 0 Å². The Labute approximate surface area is 147 Å². The van der Waals surface area contributed by atoms with Gasteiger partial charge in [0.05, 0.1) is 0 Å². The maximum atomic E-state index is 12.6. The molecule has 2 fully saturated rings. The van der Waals surface area contributed by atoms with Gasteiger partial charge in [0, 0.05) is 56.3 Å². The van der Waals surface area contributed by atoms with Crippen molar-refractivity contribution in [3.8, 4) is 5.75 Å². The predicted molar refractivity (Wildman–Crippen MR) is 93.0 cm³/mol. The van der Waals surface area contributed by atoms with Crippen LogP contribution in [-0.4, -0.2) is 39.1 Å². The summed E-state index contributed by atoms with van der Waals surface area (Å²) < 4.78 is 6.09. The Kier molecular flexibility index (Phi) is 4.50. The molecule has 2 saturated heterocycles. The molecular formula is C19H22N4O2. The Hall–Kier alpha value is -2.63. The lowest BCUT2D eigenvalue weighted by Crippen LogP contribution is -2.52. The first-order valence-electron chi connectivity index (χ1n) is 8.81. The molecule has 6 heteroatoms. The molecular weight excluding hydrogens is 316 g/mol. The van der Waals surface area contributed by atoms with Crippen LogP contribution in [0.4, 0.5) is 4.79 Å². The van der Waals surface area contributed by atoms with E-state index in [4.69, 9.17) is 4.74 Å². The van der Waals surface area contributed by atoms with E-state index >= 15 is 0 Å². The fraction of sp³-hybridized carbons (Fsp3) is 0.421. The van der Waals surface area contributed by atoms with E-state index in [0.717, 1.165) is 37.0 Å². The SMILES string of the molecule is O=C(NCc1cccnc1)N1C2CCC1CC(Oc1ccncc1)C2. The fourth-order valence-electron chi connectivity index (χ4n) is 3.94. The minimum Gasteiger partial charge on any atom is -0.490 e. The third-order valence-corrected chi connectivity index (χ3v) is 5.04. The van der Waals surface area contributed by atoms with Crippen LogP contribution in [0.25, 0.3) is 0 Å². The Bertz CT molecular complexity index is 696. The normalized spacial score (nSPS) is 24.8. The Balaban J connectivity index is 1.34. The van der Waals surface area contributed by atoms with E-state index in [1.54, 1.807) is 24.8 Å². The summed E-state index contributed by atoms with van der Waals surface area (Å²) in [5, 5.41) is 3.03. The largest absolute Gasteiger partial charge is 0.490 e. The minimum atomic E-state index is 0.0266. The van der Waals surface area contributed by atoms with E-state index < -0.39 is 0 Å². The number of urea groups is 1. The standard InChI is InChI=1S/C19H22N4O2/c24-19(22-13-14-2-1-7-21-12-14)23-15-3-4-16(23)11-18(10-15)25-17-5-8-20-9-6-17/h1-2,5-9,12,15-16,18H,3-4,10-11,13H2,(H,22,24). The summed E-state index contributed by atoms with van der Waals surface area (Å²) in [7, 11) is 0. The summed E-state index contributed by atoms with van der Waals surface area (Å²) >= 11 is 0. The van der Waals surface area contributed by atoms with Gasteiger partial charge >= 0.3 is 6.03 Å². The van der Waals surface area contributed by atoms with E-state index in [1.165, 1.54) is 0 Å². The highest BCUT2D eigenvalue weighted by atomic mass is 16.5. The van der Waals surface area contributed by atoms with E-state index in [0.29, 0.717) is 6.54 Å². The number of hydrogen-bond acceptors (Lipinski definition) is 4. The Morgan fingerprint density at radius 3 is 2.56 bits per heavy atom. The maximum Gasteiger partial charge on any atom is 0.318 e. The molecule has 2 bridgehead atoms. The van der Waals surface area contributed by atoms with Crippen molar-refractivity contribution in [1.29, 1.82) is 0 Å². The molecule has 0 radical (unpaired) electrons. The summed E-state index contributed by atoms with van der Waals surface area (Å²) in [6, 6.07) is 8.17. The number of carbonyl (C=O) groups is 1. The van der Waals surface area contributed by atoms with Gasteiger partial charge in [0.25, 0.3) is 0 Å². The molecule has 4 rings (SSSR count). The van der Waals surface area contributed by atoms with Crippen LogP contribution in [0.2, 0.25) is 0 Å². The first-order valence-corrected chi connectivity index (χ1v) is 8.81. The highest BCUT2D eigenvalue weighted by Crippen LogP contribution is 2.37. The summed E-state index contributed by atoms with van der Waals surface area (Å²) in [5.74, 6) is 0.855. The topological polar surface area (TPSA) is 67.4 Å². The number of pyridine rings is 2. The van der Waals surface area contributed by atoms with Crippen molar-refractivity contribution in [2.45, 2.75) is 50.4 Å². The van der Waals surface area contributed by atoms with Crippen molar-refractivity contribution in [1.82, 2.24) is 20.2 Å². The van der Waals surface area contributed by atoms with Crippen molar-refractivity contribution in [2.24, 2.45) is 0 Å². The molecule has 2 atom stereocenters. The van der Waals surface area contributed by atoms with Crippen molar-refractivity contribution < 1.29 is 9.53 Å². The molecule has 2 aromatic rings. The molecule has 2 amide bonds. The molecule has 2 unspecified atom stereocenters. The average Bonchev–Trinajstić information content (AvgIpc) is 2.92. The predicted octanol–water partition coefficient (Wildman–Crippen LogP) is 2.76. The van der Waals surface area contributed by atoms with Gasteiger partial charge in [-0.25, -0.2) is 4.79 Å². The molecule has 2 aliphatic heterocycles. The zero-order valence-corrected chi connectivity index (χ0v) is 14.0. The van der Waals surface area contributed by atoms with Crippen LogP contribution in [0.3, 0.4) is 0 Å². The number of piperidine rings is 1. The molecule has 0 saturated carbocycles. The lowest BCUT2D eigenvalue weighted by atomic mass is 10.00. The van der Waals surface area contributed by atoms with Gasteiger partial charge in [0.1, 0.15) is 11.9 Å². The Morgan fingerprint density at radius 1 is 1.12 bits per heavy atom. The van der Waals surface area contributed by atoms with Crippen LogP contribution < -0.4 is 10.1 Å². The van der Waals surface area contributed by atoms with Gasteiger partial charge in [0.15, 0.2) is 0 Å². The second-order valence-corrected chi connectivity index (χ2v) is 6.71. The van der Waals surface area contributed by atoms with Crippen LogP contribution in [0.15, 0.2) is 49.1 Å². The number of nitrogens with zero attached hydrogens (tertiary/aromatic N) is 3. The van der Waals surface area contributed by atoms with E-state index in [9.17, 15) is 4.79 Å². The average molecular weight is 338 g/mol. The third kappa shape index (κ3) is 3.57. The summed E-state index contributed by atoms with van der Waals surface area (Å²) in [4.78, 5) is 22.8. The van der Waals surface area contributed by atoms with Crippen molar-refractivity contribution in [3.05, 3.63) is 54.6 Å². The number of nitrogens with one attached hydrogen (secondary N) is 1. The van der Waals surface area contributed by atoms with Crippen molar-refractivity contribution in [3.63, 3.8) is 0 Å². The minimum absolute atomic E-state index is 0.0266. The second-order valence-electron chi connectivity index (χ2n) is 6.71. The number of ether oxygens (including phenoxy) is 1. The van der Waals surface area contributed by atoms with Crippen LogP contribution in [0, 0.1) is 0 Å². The number of rotatable bonds is 4. The molecule has 0 spiro atoms. The number of hydrogen-bond donors (Lipinski definition) is 1. The highest BCUT2D eigenvalue weighted by Gasteiger charge is 2.44. The first-order chi connectivity index (χ1) is 12.3. The van der Waals surface area contributed by atoms with Crippen molar-refractivity contribution >= 4 is 6.03 Å². The van der Waals surface area contributed by atoms with E-state index in [1.807, 2.05) is 29.2 Å². The molecule has 130 valence electrons. The summed E-state index contributed by atoms with van der Waals surface area (Å²) in [6.45, 7) is 0.513. The summed E-state index contributed by atoms with van der Waals surface area (Å²) in [6.07, 6.45) is 11.1. The summed E-state index contributed by atoms with van der Waals surface area (Å²) in [5.41, 5.74) is 1.01. The van der Waals surface area contributed by atoms with Gasteiger partial charge in [0.2, 0.25) is 0 Å². The molecule has 6 nitrogen and oxygen atoms in total. The monoisotopic (exact) mass is 338 g/mol. The smallest absolute Gasteiger partial charge is 0.318 e. The lowest BCUT2D eigenvalue weighted by molar-refractivity contribution is 0.0686. The molecule has 2 aliphatic rings. The number of carbonyl (C=O) groups excluding carboxylic acids is 1. The van der Waals surface area contributed by atoms with E-state index in [2.05, 4.69) is 15.3 Å². The lowest BCUT2D eigenvalue weighted by Gasteiger charge is -2.38. The van der Waals surface area contributed by atoms with Crippen molar-refractivity contribution in [2.75, 3.05) is 0 Å². The molecule has 25 heavy (non-hydrogen) atoms. The van der Waals surface area contributed by atoms with Crippen LogP contribution in [0.1, 0.15) is 31.2 Å². The quantitative estimate of drug-likeness (QED) is 0.931. The second kappa shape index (κ2) is 7.09. The number of amides is 2. The Morgan fingerprint density at radius 2 is 1.88 bits per heavy atom.